The number of hydrogen-bond donors (Lipinski definition) is 1. The Morgan fingerprint density at radius 3 is 2.33 bits per heavy atom. The standard InChI is InChI=1S/C16H24O5/c1-9-6-11(8-21-16(9)17)12-7-13(18-3)15(20-5)10(2)14(12)19-4/h7,9,11,16-17H,6,8H2,1-5H3/t9-,11+,16?/m0/s1. The van der Waals surface area contributed by atoms with Crippen molar-refractivity contribution in [2.75, 3.05) is 27.9 Å². The minimum Gasteiger partial charge on any atom is -0.496 e. The molecule has 0 aromatic heterocycles. The van der Waals surface area contributed by atoms with Crippen LogP contribution in [0.5, 0.6) is 17.2 Å². The minimum atomic E-state index is -0.687. The first kappa shape index (κ1) is 15.9. The van der Waals surface area contributed by atoms with Gasteiger partial charge in [-0.3, -0.25) is 0 Å². The van der Waals surface area contributed by atoms with Crippen molar-refractivity contribution < 1.29 is 24.1 Å². The molecule has 3 atom stereocenters. The molecule has 1 unspecified atom stereocenters. The Hall–Kier alpha value is -1.46. The molecule has 1 saturated heterocycles. The minimum absolute atomic E-state index is 0.0851. The van der Waals surface area contributed by atoms with Gasteiger partial charge in [-0.05, 0) is 19.4 Å². The zero-order valence-electron chi connectivity index (χ0n) is 13.3. The Morgan fingerprint density at radius 1 is 1.14 bits per heavy atom. The highest BCUT2D eigenvalue weighted by molar-refractivity contribution is 5.58. The number of methoxy groups -OCH3 is 3. The summed E-state index contributed by atoms with van der Waals surface area (Å²) in [7, 11) is 4.89. The van der Waals surface area contributed by atoms with Crippen LogP contribution in [-0.4, -0.2) is 39.3 Å². The molecule has 21 heavy (non-hydrogen) atoms. The fourth-order valence-corrected chi connectivity index (χ4v) is 2.99. The molecule has 2 rings (SSSR count). The highest BCUT2D eigenvalue weighted by Gasteiger charge is 2.31. The fourth-order valence-electron chi connectivity index (χ4n) is 2.99. The van der Waals surface area contributed by atoms with Crippen molar-refractivity contribution in [2.45, 2.75) is 32.5 Å². The Kier molecular flexibility index (Phi) is 4.96. The molecule has 1 aliphatic heterocycles. The summed E-state index contributed by atoms with van der Waals surface area (Å²) >= 11 is 0. The fraction of sp³-hybridized carbons (Fsp3) is 0.625. The summed E-state index contributed by atoms with van der Waals surface area (Å²) in [5, 5.41) is 9.71. The summed E-state index contributed by atoms with van der Waals surface area (Å²) in [5.74, 6) is 2.41. The Morgan fingerprint density at radius 2 is 1.81 bits per heavy atom. The Bertz CT molecular complexity index is 500. The maximum atomic E-state index is 9.71. The van der Waals surface area contributed by atoms with E-state index in [-0.39, 0.29) is 11.8 Å². The van der Waals surface area contributed by atoms with E-state index in [1.165, 1.54) is 0 Å². The molecular weight excluding hydrogens is 272 g/mol. The molecule has 0 bridgehead atoms. The highest BCUT2D eigenvalue weighted by atomic mass is 16.6. The second-order valence-corrected chi connectivity index (χ2v) is 5.49. The maximum absolute atomic E-state index is 9.71. The number of aliphatic hydroxyl groups excluding tert-OH is 1. The van der Waals surface area contributed by atoms with Crippen LogP contribution >= 0.6 is 0 Å². The molecule has 5 heteroatoms. The van der Waals surface area contributed by atoms with Gasteiger partial charge in [0.2, 0.25) is 0 Å². The molecule has 1 N–H and O–H groups in total. The third-order valence-electron chi connectivity index (χ3n) is 4.13. The number of hydrogen-bond acceptors (Lipinski definition) is 5. The summed E-state index contributed by atoms with van der Waals surface area (Å²) < 4.78 is 21.9. The first-order valence-corrected chi connectivity index (χ1v) is 7.12. The van der Waals surface area contributed by atoms with Gasteiger partial charge in [-0.2, -0.15) is 0 Å². The topological polar surface area (TPSA) is 57.2 Å². The van der Waals surface area contributed by atoms with Gasteiger partial charge in [-0.25, -0.2) is 0 Å². The molecule has 0 spiro atoms. The summed E-state index contributed by atoms with van der Waals surface area (Å²) in [6.45, 7) is 4.40. The number of aliphatic hydroxyl groups is 1. The average Bonchev–Trinajstić information content (AvgIpc) is 2.49. The number of rotatable bonds is 4. The van der Waals surface area contributed by atoms with Crippen molar-refractivity contribution in [3.8, 4) is 17.2 Å². The molecule has 1 aromatic rings. The summed E-state index contributed by atoms with van der Waals surface area (Å²) in [5.41, 5.74) is 1.94. The highest BCUT2D eigenvalue weighted by Crippen LogP contribution is 2.45. The van der Waals surface area contributed by atoms with Crippen LogP contribution < -0.4 is 14.2 Å². The number of benzene rings is 1. The van der Waals surface area contributed by atoms with Gasteiger partial charge in [0.05, 0.1) is 27.9 Å². The van der Waals surface area contributed by atoms with Gasteiger partial charge in [0, 0.05) is 23.0 Å². The van der Waals surface area contributed by atoms with Gasteiger partial charge in [-0.1, -0.05) is 6.92 Å². The van der Waals surface area contributed by atoms with Crippen LogP contribution in [0.3, 0.4) is 0 Å². The van der Waals surface area contributed by atoms with Crippen molar-refractivity contribution in [1.82, 2.24) is 0 Å². The molecule has 0 amide bonds. The van der Waals surface area contributed by atoms with Crippen LogP contribution in [-0.2, 0) is 4.74 Å². The first-order valence-electron chi connectivity index (χ1n) is 7.12. The van der Waals surface area contributed by atoms with Gasteiger partial charge in [0.15, 0.2) is 17.8 Å². The van der Waals surface area contributed by atoms with E-state index in [9.17, 15) is 5.11 Å². The van der Waals surface area contributed by atoms with E-state index < -0.39 is 6.29 Å². The van der Waals surface area contributed by atoms with E-state index in [4.69, 9.17) is 18.9 Å². The molecule has 0 aliphatic carbocycles. The lowest BCUT2D eigenvalue weighted by molar-refractivity contribution is -0.160. The SMILES string of the molecule is COc1cc([C@H]2COC(O)[C@@H](C)C2)c(OC)c(C)c1OC. The van der Waals surface area contributed by atoms with Crippen molar-refractivity contribution in [1.29, 1.82) is 0 Å². The van der Waals surface area contributed by atoms with Crippen LogP contribution in [0.1, 0.15) is 30.4 Å². The van der Waals surface area contributed by atoms with Gasteiger partial charge in [0.25, 0.3) is 0 Å². The average molecular weight is 296 g/mol. The predicted molar refractivity (Wildman–Crippen MR) is 79.3 cm³/mol. The van der Waals surface area contributed by atoms with E-state index in [1.54, 1.807) is 21.3 Å². The molecule has 1 aromatic carbocycles. The van der Waals surface area contributed by atoms with Gasteiger partial charge in [-0.15, -0.1) is 0 Å². The largest absolute Gasteiger partial charge is 0.496 e. The lowest BCUT2D eigenvalue weighted by Gasteiger charge is -2.32. The first-order chi connectivity index (χ1) is 10.0. The van der Waals surface area contributed by atoms with E-state index in [1.807, 2.05) is 19.9 Å². The summed E-state index contributed by atoms with van der Waals surface area (Å²) in [4.78, 5) is 0. The van der Waals surface area contributed by atoms with E-state index >= 15 is 0 Å². The quantitative estimate of drug-likeness (QED) is 0.925. The van der Waals surface area contributed by atoms with E-state index in [0.717, 1.165) is 23.3 Å². The van der Waals surface area contributed by atoms with Crippen molar-refractivity contribution in [3.63, 3.8) is 0 Å². The van der Waals surface area contributed by atoms with Crippen LogP contribution in [0, 0.1) is 12.8 Å². The van der Waals surface area contributed by atoms with Gasteiger partial charge < -0.3 is 24.1 Å². The summed E-state index contributed by atoms with van der Waals surface area (Å²) in [6, 6.07) is 1.95. The third-order valence-corrected chi connectivity index (χ3v) is 4.13. The van der Waals surface area contributed by atoms with Gasteiger partial charge in [0.1, 0.15) is 5.75 Å². The van der Waals surface area contributed by atoms with Crippen molar-refractivity contribution in [3.05, 3.63) is 17.2 Å². The van der Waals surface area contributed by atoms with Crippen molar-refractivity contribution in [2.24, 2.45) is 5.92 Å². The smallest absolute Gasteiger partial charge is 0.167 e. The lowest BCUT2D eigenvalue weighted by Crippen LogP contribution is -2.31. The molecule has 0 saturated carbocycles. The van der Waals surface area contributed by atoms with Crippen molar-refractivity contribution >= 4 is 0 Å². The Balaban J connectivity index is 2.45. The molecule has 1 heterocycles. The molecule has 118 valence electrons. The van der Waals surface area contributed by atoms with Crippen LogP contribution in [0.4, 0.5) is 0 Å². The second kappa shape index (κ2) is 6.54. The number of ether oxygens (including phenoxy) is 4. The maximum Gasteiger partial charge on any atom is 0.167 e. The van der Waals surface area contributed by atoms with E-state index in [2.05, 4.69) is 0 Å². The predicted octanol–water partition coefficient (Wildman–Crippen LogP) is 2.48. The van der Waals surface area contributed by atoms with Crippen LogP contribution in [0.15, 0.2) is 6.07 Å². The molecule has 5 nitrogen and oxygen atoms in total. The molecular formula is C16H24O5. The van der Waals surface area contributed by atoms with Crippen LogP contribution in [0.2, 0.25) is 0 Å². The molecule has 1 fully saturated rings. The molecule has 0 radical (unpaired) electrons. The molecule has 1 aliphatic rings. The zero-order valence-corrected chi connectivity index (χ0v) is 13.3. The Labute approximate surface area is 125 Å². The zero-order chi connectivity index (χ0) is 15.6. The normalized spacial score (nSPS) is 25.5. The van der Waals surface area contributed by atoms with Crippen LogP contribution in [0.25, 0.3) is 0 Å². The monoisotopic (exact) mass is 296 g/mol. The second-order valence-electron chi connectivity index (χ2n) is 5.49. The third kappa shape index (κ3) is 2.94. The van der Waals surface area contributed by atoms with E-state index in [0.29, 0.717) is 18.1 Å². The summed E-state index contributed by atoms with van der Waals surface area (Å²) in [6.07, 6.45) is 0.153. The lowest BCUT2D eigenvalue weighted by atomic mass is 9.86. The van der Waals surface area contributed by atoms with Gasteiger partial charge >= 0.3 is 0 Å².